The minimum Gasteiger partial charge on any atom is -0.380 e. The van der Waals surface area contributed by atoms with Gasteiger partial charge in [-0.05, 0) is 25.3 Å². The van der Waals surface area contributed by atoms with Crippen molar-refractivity contribution >= 4 is 0 Å². The third kappa shape index (κ3) is 3.11. The largest absolute Gasteiger partial charge is 0.380 e. The Kier molecular flexibility index (Phi) is 4.02. The third-order valence-electron chi connectivity index (χ3n) is 2.42. The van der Waals surface area contributed by atoms with Gasteiger partial charge in [-0.25, -0.2) is 0 Å². The van der Waals surface area contributed by atoms with E-state index in [1.54, 1.807) is 0 Å². The molecule has 0 N–H and O–H groups in total. The van der Waals surface area contributed by atoms with Gasteiger partial charge < -0.3 is 9.64 Å². The van der Waals surface area contributed by atoms with Crippen LogP contribution in [-0.4, -0.2) is 37.7 Å². The van der Waals surface area contributed by atoms with Gasteiger partial charge in [0.2, 0.25) is 0 Å². The number of likely N-dealkylation sites (tertiary alicyclic amines) is 1. The molecule has 2 heteroatoms. The van der Waals surface area contributed by atoms with Crippen molar-refractivity contribution in [2.75, 3.05) is 26.7 Å². The van der Waals surface area contributed by atoms with Crippen molar-refractivity contribution in [3.8, 4) is 0 Å². The Hall–Kier alpha value is -0.0800. The van der Waals surface area contributed by atoms with Gasteiger partial charge in [-0.2, -0.15) is 0 Å². The Morgan fingerprint density at radius 1 is 1.50 bits per heavy atom. The molecule has 0 aromatic heterocycles. The van der Waals surface area contributed by atoms with Crippen LogP contribution in [0.15, 0.2) is 0 Å². The molecule has 0 bridgehead atoms. The molecule has 0 aromatic carbocycles. The molecule has 0 amide bonds. The lowest BCUT2D eigenvalue weighted by atomic mass is 10.1. The van der Waals surface area contributed by atoms with Gasteiger partial charge in [-0.3, -0.25) is 0 Å². The Morgan fingerprint density at radius 3 is 2.83 bits per heavy atom. The molecular weight excluding hydrogens is 150 g/mol. The van der Waals surface area contributed by atoms with Crippen LogP contribution in [0.4, 0.5) is 0 Å². The molecule has 1 saturated heterocycles. The summed E-state index contributed by atoms with van der Waals surface area (Å²) in [4.78, 5) is 2.52. The summed E-state index contributed by atoms with van der Waals surface area (Å²) >= 11 is 0. The quantitative estimate of drug-likeness (QED) is 0.641. The van der Waals surface area contributed by atoms with Crippen molar-refractivity contribution in [2.24, 2.45) is 5.92 Å². The van der Waals surface area contributed by atoms with E-state index < -0.39 is 0 Å². The highest BCUT2D eigenvalue weighted by Crippen LogP contribution is 2.13. The van der Waals surface area contributed by atoms with Crippen LogP contribution in [0.25, 0.3) is 0 Å². The van der Waals surface area contributed by atoms with Gasteiger partial charge in [-0.15, -0.1) is 0 Å². The summed E-state index contributed by atoms with van der Waals surface area (Å²) in [6.07, 6.45) is 3.02. The maximum atomic E-state index is 5.36. The number of nitrogens with zero attached hydrogens (tertiary/aromatic N) is 1. The zero-order chi connectivity index (χ0) is 8.97. The molecule has 1 fully saturated rings. The van der Waals surface area contributed by atoms with Crippen molar-refractivity contribution in [3.63, 3.8) is 0 Å². The molecule has 2 nitrogen and oxygen atoms in total. The molecule has 72 valence electrons. The standard InChI is InChI=1S/C10H21NO/c1-9(2)7-11-6-4-5-10(8-11)12-3/h9-10H,4-8H2,1-3H3/t10-/m0/s1. The third-order valence-corrected chi connectivity index (χ3v) is 2.42. The minimum atomic E-state index is 0.484. The summed E-state index contributed by atoms with van der Waals surface area (Å²) in [5, 5.41) is 0. The highest BCUT2D eigenvalue weighted by atomic mass is 16.5. The van der Waals surface area contributed by atoms with Crippen LogP contribution >= 0.6 is 0 Å². The molecule has 1 aliphatic heterocycles. The fraction of sp³-hybridized carbons (Fsp3) is 1.00. The fourth-order valence-corrected chi connectivity index (χ4v) is 1.89. The Labute approximate surface area is 75.9 Å². The molecule has 1 atom stereocenters. The highest BCUT2D eigenvalue weighted by Gasteiger charge is 2.19. The zero-order valence-corrected chi connectivity index (χ0v) is 8.55. The van der Waals surface area contributed by atoms with Gasteiger partial charge >= 0.3 is 0 Å². The van der Waals surface area contributed by atoms with E-state index in [0.29, 0.717) is 6.10 Å². The lowest BCUT2D eigenvalue weighted by molar-refractivity contribution is 0.0276. The zero-order valence-electron chi connectivity index (χ0n) is 8.55. The average molecular weight is 171 g/mol. The Bertz CT molecular complexity index is 125. The summed E-state index contributed by atoms with van der Waals surface area (Å²) in [5.41, 5.74) is 0. The molecule has 1 heterocycles. The minimum absolute atomic E-state index is 0.484. The molecule has 0 saturated carbocycles. The molecule has 0 unspecified atom stereocenters. The molecule has 12 heavy (non-hydrogen) atoms. The highest BCUT2D eigenvalue weighted by molar-refractivity contribution is 4.73. The summed E-state index contributed by atoms with van der Waals surface area (Å²) < 4.78 is 5.36. The topological polar surface area (TPSA) is 12.5 Å². The van der Waals surface area contributed by atoms with Crippen molar-refractivity contribution in [1.29, 1.82) is 0 Å². The predicted molar refractivity (Wildman–Crippen MR) is 51.3 cm³/mol. The van der Waals surface area contributed by atoms with Gasteiger partial charge in [0.05, 0.1) is 6.10 Å². The first-order valence-corrected chi connectivity index (χ1v) is 4.97. The Morgan fingerprint density at radius 2 is 2.25 bits per heavy atom. The van der Waals surface area contributed by atoms with Gasteiger partial charge in [-0.1, -0.05) is 13.8 Å². The number of methoxy groups -OCH3 is 1. The molecule has 0 spiro atoms. The van der Waals surface area contributed by atoms with E-state index in [1.165, 1.54) is 25.9 Å². The van der Waals surface area contributed by atoms with Crippen molar-refractivity contribution in [2.45, 2.75) is 32.8 Å². The van der Waals surface area contributed by atoms with Crippen LogP contribution in [0.2, 0.25) is 0 Å². The van der Waals surface area contributed by atoms with Gasteiger partial charge in [0.15, 0.2) is 0 Å². The number of piperidine rings is 1. The van der Waals surface area contributed by atoms with Crippen molar-refractivity contribution < 1.29 is 4.74 Å². The van der Waals surface area contributed by atoms with E-state index in [2.05, 4.69) is 18.7 Å². The summed E-state index contributed by atoms with van der Waals surface area (Å²) in [6, 6.07) is 0. The summed E-state index contributed by atoms with van der Waals surface area (Å²) in [7, 11) is 1.82. The monoisotopic (exact) mass is 171 g/mol. The summed E-state index contributed by atoms with van der Waals surface area (Å²) in [6.45, 7) is 8.17. The van der Waals surface area contributed by atoms with E-state index in [-0.39, 0.29) is 0 Å². The van der Waals surface area contributed by atoms with E-state index in [1.807, 2.05) is 7.11 Å². The first kappa shape index (κ1) is 10.0. The van der Waals surface area contributed by atoms with Crippen LogP contribution in [0.5, 0.6) is 0 Å². The van der Waals surface area contributed by atoms with Crippen LogP contribution in [-0.2, 0) is 4.74 Å². The lowest BCUT2D eigenvalue weighted by Crippen LogP contribution is -2.40. The average Bonchev–Trinajstić information content (AvgIpc) is 2.03. The van der Waals surface area contributed by atoms with Crippen LogP contribution in [0, 0.1) is 5.92 Å². The second kappa shape index (κ2) is 4.83. The first-order valence-electron chi connectivity index (χ1n) is 4.97. The maximum Gasteiger partial charge on any atom is 0.0698 e. The van der Waals surface area contributed by atoms with Crippen LogP contribution in [0.3, 0.4) is 0 Å². The molecule has 1 rings (SSSR count). The van der Waals surface area contributed by atoms with E-state index in [0.717, 1.165) is 12.5 Å². The summed E-state index contributed by atoms with van der Waals surface area (Å²) in [5.74, 6) is 0.778. The van der Waals surface area contributed by atoms with E-state index in [9.17, 15) is 0 Å². The van der Waals surface area contributed by atoms with Crippen LogP contribution in [0.1, 0.15) is 26.7 Å². The number of hydrogen-bond acceptors (Lipinski definition) is 2. The second-order valence-corrected chi connectivity index (χ2v) is 4.15. The Balaban J connectivity index is 2.25. The number of hydrogen-bond donors (Lipinski definition) is 0. The molecule has 0 radical (unpaired) electrons. The normalized spacial score (nSPS) is 26.5. The van der Waals surface area contributed by atoms with E-state index >= 15 is 0 Å². The SMILES string of the molecule is CO[C@H]1CCCN(CC(C)C)C1. The first-order chi connectivity index (χ1) is 5.72. The molecular formula is C10H21NO. The van der Waals surface area contributed by atoms with Crippen molar-refractivity contribution in [3.05, 3.63) is 0 Å². The fourth-order valence-electron chi connectivity index (χ4n) is 1.89. The number of ether oxygens (including phenoxy) is 1. The predicted octanol–water partition coefficient (Wildman–Crippen LogP) is 1.75. The molecule has 0 aliphatic carbocycles. The lowest BCUT2D eigenvalue weighted by Gasteiger charge is -2.32. The van der Waals surface area contributed by atoms with E-state index in [4.69, 9.17) is 4.74 Å². The van der Waals surface area contributed by atoms with Crippen LogP contribution < -0.4 is 0 Å². The van der Waals surface area contributed by atoms with Gasteiger partial charge in [0.1, 0.15) is 0 Å². The number of rotatable bonds is 3. The maximum absolute atomic E-state index is 5.36. The van der Waals surface area contributed by atoms with Gasteiger partial charge in [0.25, 0.3) is 0 Å². The smallest absolute Gasteiger partial charge is 0.0698 e. The van der Waals surface area contributed by atoms with Crippen molar-refractivity contribution in [1.82, 2.24) is 4.90 Å². The molecule has 0 aromatic rings. The van der Waals surface area contributed by atoms with Gasteiger partial charge in [0, 0.05) is 20.2 Å². The molecule has 1 aliphatic rings. The second-order valence-electron chi connectivity index (χ2n) is 4.15.